The molecule has 0 fully saturated rings. The van der Waals surface area contributed by atoms with Crippen molar-refractivity contribution in [3.05, 3.63) is 92.1 Å². The van der Waals surface area contributed by atoms with Crippen molar-refractivity contribution in [3.8, 4) is 11.3 Å². The second-order valence-corrected chi connectivity index (χ2v) is 7.17. The maximum Gasteiger partial charge on any atom is 0.433 e. The Labute approximate surface area is 185 Å². The van der Waals surface area contributed by atoms with E-state index in [1.165, 1.54) is 18.3 Å². The highest BCUT2D eigenvalue weighted by atomic mass is 35.5. The minimum absolute atomic E-state index is 0.125. The van der Waals surface area contributed by atoms with Gasteiger partial charge in [0.2, 0.25) is 0 Å². The van der Waals surface area contributed by atoms with Gasteiger partial charge in [-0.2, -0.15) is 5.10 Å². The smallest absolute Gasteiger partial charge is 0.400 e. The predicted octanol–water partition coefficient (Wildman–Crippen LogP) is 5.47. The largest absolute Gasteiger partial charge is 0.433 e. The molecule has 0 bridgehead atoms. The minimum Gasteiger partial charge on any atom is -0.400 e. The number of pyridine rings is 1. The van der Waals surface area contributed by atoms with Gasteiger partial charge < -0.3 is 4.42 Å². The number of furan rings is 1. The van der Waals surface area contributed by atoms with Gasteiger partial charge in [0.25, 0.3) is 5.91 Å². The Morgan fingerprint density at radius 3 is 2.68 bits per heavy atom. The van der Waals surface area contributed by atoms with Crippen molar-refractivity contribution in [1.29, 1.82) is 0 Å². The molecule has 0 aliphatic heterocycles. The monoisotopic (exact) mass is 454 g/mol. The van der Waals surface area contributed by atoms with Gasteiger partial charge in [0.1, 0.15) is 4.92 Å². The van der Waals surface area contributed by atoms with Crippen molar-refractivity contribution in [2.45, 2.75) is 0 Å². The standard InChI is InChI=1S/C21H12Cl2N4O4/c22-12-5-7-15(17(23)9-12)19-10-16(14-3-1-2-4-18(14)25-19)21(28)26-24-11-13-6-8-20(31-13)27(29)30/h1-11H,(H,26,28)/b24-11-. The first kappa shape index (κ1) is 20.5. The summed E-state index contributed by atoms with van der Waals surface area (Å²) in [7, 11) is 0. The highest BCUT2D eigenvalue weighted by molar-refractivity contribution is 6.36. The zero-order valence-corrected chi connectivity index (χ0v) is 17.1. The van der Waals surface area contributed by atoms with E-state index in [-0.39, 0.29) is 5.76 Å². The van der Waals surface area contributed by atoms with Crippen LogP contribution in [0.25, 0.3) is 22.2 Å². The third kappa shape index (κ3) is 4.40. The van der Waals surface area contributed by atoms with E-state index in [0.29, 0.717) is 37.8 Å². The number of benzene rings is 2. The van der Waals surface area contributed by atoms with E-state index in [1.54, 1.807) is 42.5 Å². The molecule has 0 saturated carbocycles. The average Bonchev–Trinajstić information content (AvgIpc) is 3.22. The van der Waals surface area contributed by atoms with Crippen LogP contribution >= 0.6 is 23.2 Å². The summed E-state index contributed by atoms with van der Waals surface area (Å²) in [6.45, 7) is 0. The maximum absolute atomic E-state index is 12.8. The number of carbonyl (C=O) groups is 1. The third-order valence-corrected chi connectivity index (χ3v) is 4.87. The predicted molar refractivity (Wildman–Crippen MR) is 118 cm³/mol. The van der Waals surface area contributed by atoms with E-state index in [1.807, 2.05) is 6.07 Å². The molecule has 1 amide bonds. The van der Waals surface area contributed by atoms with Gasteiger partial charge in [0, 0.05) is 16.0 Å². The number of amides is 1. The van der Waals surface area contributed by atoms with Gasteiger partial charge in [-0.3, -0.25) is 14.9 Å². The number of aromatic nitrogens is 1. The number of rotatable bonds is 5. The van der Waals surface area contributed by atoms with E-state index < -0.39 is 16.7 Å². The van der Waals surface area contributed by atoms with Crippen molar-refractivity contribution in [2.24, 2.45) is 5.10 Å². The molecule has 8 nitrogen and oxygen atoms in total. The number of nitrogens with zero attached hydrogens (tertiary/aromatic N) is 3. The average molecular weight is 455 g/mol. The summed E-state index contributed by atoms with van der Waals surface area (Å²) in [4.78, 5) is 27.4. The first-order valence-corrected chi connectivity index (χ1v) is 9.61. The Kier molecular flexibility index (Phi) is 5.66. The Bertz CT molecular complexity index is 1350. The van der Waals surface area contributed by atoms with E-state index in [0.717, 1.165) is 0 Å². The van der Waals surface area contributed by atoms with Gasteiger partial charge in [-0.15, -0.1) is 0 Å². The normalized spacial score (nSPS) is 11.2. The van der Waals surface area contributed by atoms with Gasteiger partial charge in [0.05, 0.1) is 34.1 Å². The number of fused-ring (bicyclic) bond motifs is 1. The van der Waals surface area contributed by atoms with Crippen molar-refractivity contribution in [3.63, 3.8) is 0 Å². The molecule has 0 atom stereocenters. The van der Waals surface area contributed by atoms with Crippen LogP contribution in [0.2, 0.25) is 10.0 Å². The number of nitro groups is 1. The van der Waals surface area contributed by atoms with Gasteiger partial charge in [0.15, 0.2) is 5.76 Å². The summed E-state index contributed by atoms with van der Waals surface area (Å²) in [6.07, 6.45) is 1.17. The molecule has 10 heteroatoms. The number of hydrazone groups is 1. The lowest BCUT2D eigenvalue weighted by molar-refractivity contribution is -0.402. The lowest BCUT2D eigenvalue weighted by Gasteiger charge is -2.10. The van der Waals surface area contributed by atoms with Crippen LogP contribution in [0.1, 0.15) is 16.1 Å². The number of halogens is 2. The lowest BCUT2D eigenvalue weighted by Crippen LogP contribution is -2.18. The van der Waals surface area contributed by atoms with Crippen molar-refractivity contribution in [2.75, 3.05) is 0 Å². The Hall–Kier alpha value is -3.75. The lowest BCUT2D eigenvalue weighted by atomic mass is 10.0. The summed E-state index contributed by atoms with van der Waals surface area (Å²) >= 11 is 12.3. The van der Waals surface area contributed by atoms with Crippen LogP contribution in [-0.2, 0) is 0 Å². The van der Waals surface area contributed by atoms with Gasteiger partial charge in [-0.05, 0) is 36.4 Å². The molecular weight excluding hydrogens is 443 g/mol. The molecule has 2 aromatic heterocycles. The van der Waals surface area contributed by atoms with Crippen LogP contribution < -0.4 is 5.43 Å². The first-order chi connectivity index (χ1) is 14.9. The molecule has 4 rings (SSSR count). The van der Waals surface area contributed by atoms with Gasteiger partial charge in [-0.1, -0.05) is 41.4 Å². The van der Waals surface area contributed by atoms with E-state index in [4.69, 9.17) is 27.6 Å². The van der Waals surface area contributed by atoms with Crippen molar-refractivity contribution < 1.29 is 14.1 Å². The van der Waals surface area contributed by atoms with Crippen LogP contribution in [0.3, 0.4) is 0 Å². The zero-order valence-electron chi connectivity index (χ0n) is 15.6. The molecule has 31 heavy (non-hydrogen) atoms. The maximum atomic E-state index is 12.8. The van der Waals surface area contributed by atoms with Crippen molar-refractivity contribution in [1.82, 2.24) is 10.4 Å². The highest BCUT2D eigenvalue weighted by Crippen LogP contribution is 2.31. The number of para-hydroxylation sites is 1. The van der Waals surface area contributed by atoms with Crippen LogP contribution in [0.5, 0.6) is 0 Å². The van der Waals surface area contributed by atoms with Gasteiger partial charge in [-0.25, -0.2) is 10.4 Å². The first-order valence-electron chi connectivity index (χ1n) is 8.85. The summed E-state index contributed by atoms with van der Waals surface area (Å²) in [5.74, 6) is -0.792. The Balaban J connectivity index is 1.67. The molecule has 0 spiro atoms. The highest BCUT2D eigenvalue weighted by Gasteiger charge is 2.15. The fraction of sp³-hybridized carbons (Fsp3) is 0. The molecule has 154 valence electrons. The van der Waals surface area contributed by atoms with E-state index in [9.17, 15) is 14.9 Å². The molecule has 0 aliphatic rings. The number of carbonyl (C=O) groups excluding carboxylic acids is 1. The van der Waals surface area contributed by atoms with E-state index in [2.05, 4.69) is 15.5 Å². The fourth-order valence-corrected chi connectivity index (χ4v) is 3.43. The van der Waals surface area contributed by atoms with Crippen molar-refractivity contribution >= 4 is 52.1 Å². The minimum atomic E-state index is -0.664. The zero-order chi connectivity index (χ0) is 22.0. The Morgan fingerprint density at radius 1 is 1.13 bits per heavy atom. The summed E-state index contributed by atoms with van der Waals surface area (Å²) in [5.41, 5.74) is 4.45. The second kappa shape index (κ2) is 8.55. The summed E-state index contributed by atoms with van der Waals surface area (Å²) in [5, 5.41) is 16.0. The van der Waals surface area contributed by atoms with Gasteiger partial charge >= 0.3 is 5.88 Å². The van der Waals surface area contributed by atoms with Crippen LogP contribution in [0.4, 0.5) is 5.88 Å². The number of hydrogen-bond acceptors (Lipinski definition) is 6. The van der Waals surface area contributed by atoms with Crippen LogP contribution in [0.15, 0.2) is 70.2 Å². The van der Waals surface area contributed by atoms with Crippen LogP contribution in [-0.4, -0.2) is 22.0 Å². The molecule has 0 unspecified atom stereocenters. The molecule has 1 N–H and O–H groups in total. The molecule has 2 aromatic carbocycles. The van der Waals surface area contributed by atoms with Crippen LogP contribution in [0, 0.1) is 10.1 Å². The molecule has 4 aromatic rings. The topological polar surface area (TPSA) is 111 Å². The number of nitrogens with one attached hydrogen (secondary N) is 1. The summed E-state index contributed by atoms with van der Waals surface area (Å²) < 4.78 is 4.97. The second-order valence-electron chi connectivity index (χ2n) is 6.33. The fourth-order valence-electron chi connectivity index (χ4n) is 2.92. The summed E-state index contributed by atoms with van der Waals surface area (Å²) in [6, 6.07) is 16.3. The third-order valence-electron chi connectivity index (χ3n) is 4.32. The molecular formula is C21H12Cl2N4O4. The molecule has 0 saturated heterocycles. The van der Waals surface area contributed by atoms with E-state index >= 15 is 0 Å². The molecule has 2 heterocycles. The molecule has 0 radical (unpaired) electrons. The Morgan fingerprint density at radius 2 is 1.94 bits per heavy atom. The molecule has 0 aliphatic carbocycles. The number of hydrogen-bond donors (Lipinski definition) is 1. The SMILES string of the molecule is O=C(N/N=C\c1ccc([N+](=O)[O-])o1)c1cc(-c2ccc(Cl)cc2Cl)nc2ccccc12. The quantitative estimate of drug-likeness (QED) is 0.244.